The van der Waals surface area contributed by atoms with Crippen molar-refractivity contribution in [2.24, 2.45) is 5.73 Å². The molecule has 27 heavy (non-hydrogen) atoms. The number of halogens is 2. The number of rotatable bonds is 9. The molecule has 0 fully saturated rings. The molecule has 0 unspecified atom stereocenters. The average Bonchev–Trinajstić information content (AvgIpc) is 2.89. The molecule has 0 aliphatic rings. The minimum atomic E-state index is -0.809. The topological polar surface area (TPSA) is 70.1 Å². The number of aromatic nitrogens is 2. The fraction of sp³-hybridized carbons (Fsp3) is 0.368. The maximum atomic E-state index is 13.6. The van der Waals surface area contributed by atoms with Gasteiger partial charge in [0.15, 0.2) is 0 Å². The lowest BCUT2D eigenvalue weighted by Gasteiger charge is -2.12. The van der Waals surface area contributed by atoms with Crippen molar-refractivity contribution in [3.05, 3.63) is 54.0 Å². The molecule has 2 rings (SSSR count). The molecule has 0 atom stereocenters. The Balaban J connectivity index is 2.34. The van der Waals surface area contributed by atoms with Crippen molar-refractivity contribution in [3.8, 4) is 0 Å². The van der Waals surface area contributed by atoms with Crippen molar-refractivity contribution in [3.63, 3.8) is 0 Å². The van der Waals surface area contributed by atoms with Gasteiger partial charge in [-0.1, -0.05) is 31.7 Å². The van der Waals surface area contributed by atoms with Crippen molar-refractivity contribution in [1.82, 2.24) is 9.55 Å². The highest BCUT2D eigenvalue weighted by Crippen LogP contribution is 2.35. The highest BCUT2D eigenvalue weighted by atomic mass is 32.2. The second-order valence-electron chi connectivity index (χ2n) is 6.25. The summed E-state index contributed by atoms with van der Waals surface area (Å²) in [7, 11) is 0. The Bertz CT molecular complexity index is 801. The zero-order chi connectivity index (χ0) is 20.0. The second-order valence-corrected chi connectivity index (χ2v) is 7.31. The lowest BCUT2D eigenvalue weighted by Crippen LogP contribution is -2.14. The van der Waals surface area contributed by atoms with E-state index >= 15 is 0 Å². The van der Waals surface area contributed by atoms with Crippen LogP contribution in [0.5, 0.6) is 0 Å². The van der Waals surface area contributed by atoms with Crippen LogP contribution in [-0.2, 0) is 17.7 Å². The monoisotopic (exact) mass is 395 g/mol. The predicted octanol–water partition coefficient (Wildman–Crippen LogP) is 4.65. The highest BCUT2D eigenvalue weighted by molar-refractivity contribution is 7.99. The predicted molar refractivity (Wildman–Crippen MR) is 101 cm³/mol. The van der Waals surface area contributed by atoms with Gasteiger partial charge in [-0.2, -0.15) is 0 Å². The van der Waals surface area contributed by atoms with Crippen LogP contribution < -0.4 is 5.73 Å². The number of ether oxygens (including phenoxy) is 1. The van der Waals surface area contributed by atoms with Crippen LogP contribution in [0.4, 0.5) is 13.6 Å². The third-order valence-electron chi connectivity index (χ3n) is 3.72. The number of nitrogens with two attached hydrogens (primary N) is 1. The molecular formula is C19H23F2N3O2S. The third kappa shape index (κ3) is 5.82. The minimum absolute atomic E-state index is 0.123. The standard InChI is InChI=1S/C19H23F2N3O2S/c1-4-7-24-16(6-5-8-26-19(22)25)23-17(12(2)3)18(24)27-15-10-13(20)9-14(21)11-15/h4,9-12H,1,5-8H2,2-3H3,(H2,22,25). The number of hydrogen-bond acceptors (Lipinski definition) is 4. The summed E-state index contributed by atoms with van der Waals surface area (Å²) < 4.78 is 33.9. The van der Waals surface area contributed by atoms with Gasteiger partial charge in [0.05, 0.1) is 12.3 Å². The van der Waals surface area contributed by atoms with Crippen LogP contribution in [0.3, 0.4) is 0 Å². The first kappa shape index (κ1) is 21.0. The maximum absolute atomic E-state index is 13.6. The molecule has 0 aliphatic heterocycles. The van der Waals surface area contributed by atoms with Crippen LogP contribution in [0.25, 0.3) is 0 Å². The van der Waals surface area contributed by atoms with E-state index in [0.29, 0.717) is 24.3 Å². The Morgan fingerprint density at radius 3 is 2.59 bits per heavy atom. The maximum Gasteiger partial charge on any atom is 0.404 e. The summed E-state index contributed by atoms with van der Waals surface area (Å²) in [6, 6.07) is 3.44. The van der Waals surface area contributed by atoms with Gasteiger partial charge in [0.25, 0.3) is 0 Å². The first-order valence-electron chi connectivity index (χ1n) is 8.58. The van der Waals surface area contributed by atoms with E-state index < -0.39 is 17.7 Å². The molecule has 2 N–H and O–H groups in total. The first-order valence-corrected chi connectivity index (χ1v) is 9.39. The van der Waals surface area contributed by atoms with E-state index in [4.69, 9.17) is 15.5 Å². The van der Waals surface area contributed by atoms with E-state index in [1.54, 1.807) is 6.08 Å². The Labute approximate surface area is 161 Å². The number of nitrogens with zero attached hydrogens (tertiary/aromatic N) is 2. The number of carbonyl (C=O) groups excluding carboxylic acids is 1. The van der Waals surface area contributed by atoms with Gasteiger partial charge in [-0.3, -0.25) is 0 Å². The minimum Gasteiger partial charge on any atom is -0.450 e. The van der Waals surface area contributed by atoms with Gasteiger partial charge in [0, 0.05) is 23.9 Å². The number of imidazole rings is 1. The van der Waals surface area contributed by atoms with Crippen LogP contribution in [0.1, 0.15) is 37.7 Å². The summed E-state index contributed by atoms with van der Waals surface area (Å²) in [6.07, 6.45) is 2.06. The zero-order valence-electron chi connectivity index (χ0n) is 15.4. The molecular weight excluding hydrogens is 372 g/mol. The SMILES string of the molecule is C=CCn1c(CCCOC(N)=O)nc(C(C)C)c1Sc1cc(F)cc(F)c1. The molecule has 2 aromatic rings. The fourth-order valence-electron chi connectivity index (χ4n) is 2.60. The molecule has 0 saturated heterocycles. The largest absolute Gasteiger partial charge is 0.450 e. The Kier molecular flexibility index (Phi) is 7.41. The normalized spacial score (nSPS) is 11.0. The molecule has 0 spiro atoms. The number of hydrogen-bond donors (Lipinski definition) is 1. The van der Waals surface area contributed by atoms with Crippen molar-refractivity contribution in [2.45, 2.75) is 49.1 Å². The molecule has 8 heteroatoms. The van der Waals surface area contributed by atoms with E-state index in [0.717, 1.165) is 22.6 Å². The van der Waals surface area contributed by atoms with Gasteiger partial charge < -0.3 is 15.0 Å². The van der Waals surface area contributed by atoms with Gasteiger partial charge in [0.2, 0.25) is 0 Å². The second kappa shape index (κ2) is 9.55. The Morgan fingerprint density at radius 1 is 1.37 bits per heavy atom. The molecule has 0 bridgehead atoms. The van der Waals surface area contributed by atoms with Crippen molar-refractivity contribution < 1.29 is 18.3 Å². The summed E-state index contributed by atoms with van der Waals surface area (Å²) in [6.45, 7) is 8.51. The first-order chi connectivity index (χ1) is 12.8. The molecule has 5 nitrogen and oxygen atoms in total. The molecule has 1 heterocycles. The molecule has 0 radical (unpaired) electrons. The molecule has 0 aliphatic carbocycles. The zero-order valence-corrected chi connectivity index (χ0v) is 16.2. The van der Waals surface area contributed by atoms with Gasteiger partial charge in [0.1, 0.15) is 22.5 Å². The van der Waals surface area contributed by atoms with E-state index in [1.165, 1.54) is 23.9 Å². The molecule has 0 saturated carbocycles. The van der Waals surface area contributed by atoms with Gasteiger partial charge in [-0.25, -0.2) is 18.6 Å². The number of amides is 1. The van der Waals surface area contributed by atoms with Gasteiger partial charge in [-0.05, 0) is 24.5 Å². The van der Waals surface area contributed by atoms with E-state index in [2.05, 4.69) is 6.58 Å². The van der Waals surface area contributed by atoms with Crippen molar-refractivity contribution >= 4 is 17.9 Å². The molecule has 1 aromatic heterocycles. The van der Waals surface area contributed by atoms with E-state index in [-0.39, 0.29) is 12.5 Å². The van der Waals surface area contributed by atoms with Gasteiger partial charge >= 0.3 is 6.09 Å². The fourth-order valence-corrected chi connectivity index (χ4v) is 3.84. The molecule has 1 amide bonds. The number of primary amides is 1. The number of carbonyl (C=O) groups is 1. The average molecular weight is 395 g/mol. The number of allylic oxidation sites excluding steroid dienone is 1. The van der Waals surface area contributed by atoms with E-state index in [1.807, 2.05) is 18.4 Å². The van der Waals surface area contributed by atoms with Crippen molar-refractivity contribution in [2.75, 3.05) is 6.61 Å². The summed E-state index contributed by atoms with van der Waals surface area (Å²) in [5.41, 5.74) is 5.81. The lowest BCUT2D eigenvalue weighted by atomic mass is 10.1. The van der Waals surface area contributed by atoms with Crippen LogP contribution >= 0.6 is 11.8 Å². The number of aryl methyl sites for hydroxylation is 1. The molecule has 1 aromatic carbocycles. The highest BCUT2D eigenvalue weighted by Gasteiger charge is 2.20. The van der Waals surface area contributed by atoms with E-state index in [9.17, 15) is 13.6 Å². The summed E-state index contributed by atoms with van der Waals surface area (Å²) in [5, 5.41) is 0.820. The van der Waals surface area contributed by atoms with Gasteiger partial charge in [-0.15, -0.1) is 6.58 Å². The smallest absolute Gasteiger partial charge is 0.404 e. The quantitative estimate of drug-likeness (QED) is 0.496. The number of benzene rings is 1. The Hall–Kier alpha value is -2.35. The summed E-state index contributed by atoms with van der Waals surface area (Å²) in [4.78, 5) is 15.9. The third-order valence-corrected chi connectivity index (χ3v) is 4.82. The summed E-state index contributed by atoms with van der Waals surface area (Å²) >= 11 is 1.27. The summed E-state index contributed by atoms with van der Waals surface area (Å²) in [5.74, 6) is -0.326. The van der Waals surface area contributed by atoms with Crippen LogP contribution in [0.2, 0.25) is 0 Å². The van der Waals surface area contributed by atoms with Crippen LogP contribution in [-0.4, -0.2) is 22.3 Å². The lowest BCUT2D eigenvalue weighted by molar-refractivity contribution is 0.155. The molecule has 146 valence electrons. The Morgan fingerprint density at radius 2 is 2.04 bits per heavy atom. The van der Waals surface area contributed by atoms with Crippen LogP contribution in [0.15, 0.2) is 40.8 Å². The van der Waals surface area contributed by atoms with Crippen LogP contribution in [0, 0.1) is 11.6 Å². The van der Waals surface area contributed by atoms with Crippen molar-refractivity contribution in [1.29, 1.82) is 0 Å².